The molecule has 0 radical (unpaired) electrons. The van der Waals surface area contributed by atoms with Crippen LogP contribution in [0.5, 0.6) is 0 Å². The molecule has 0 aliphatic rings. The van der Waals surface area contributed by atoms with Gasteiger partial charge in [0.05, 0.1) is 6.61 Å². The predicted octanol–water partition coefficient (Wildman–Crippen LogP) is 2.29. The molecular formula is C13H20N2O2S. The molecule has 0 spiro atoms. The molecule has 0 saturated carbocycles. The van der Waals surface area contributed by atoms with Crippen molar-refractivity contribution in [3.05, 3.63) is 23.8 Å². The molecule has 0 bridgehead atoms. The van der Waals surface area contributed by atoms with E-state index in [1.54, 1.807) is 18.9 Å². The van der Waals surface area contributed by atoms with Crippen molar-refractivity contribution in [2.24, 2.45) is 0 Å². The number of ether oxygens (including phenoxy) is 1. The summed E-state index contributed by atoms with van der Waals surface area (Å²) in [5.74, 6) is 1.74. The fraction of sp³-hybridized carbons (Fsp3) is 0.462. The highest BCUT2D eigenvalue weighted by Gasteiger charge is 2.05. The summed E-state index contributed by atoms with van der Waals surface area (Å²) < 4.78 is 4.94. The maximum atomic E-state index is 11.7. The number of methoxy groups -OCH3 is 1. The third-order valence-electron chi connectivity index (χ3n) is 2.56. The van der Waals surface area contributed by atoms with Crippen molar-refractivity contribution < 1.29 is 9.53 Å². The number of benzene rings is 1. The average Bonchev–Trinajstić information content (AvgIpc) is 2.35. The Morgan fingerprint density at radius 2 is 2.22 bits per heavy atom. The minimum absolute atomic E-state index is 0.0219. The second kappa shape index (κ2) is 8.00. The lowest BCUT2D eigenvalue weighted by atomic mass is 10.1. The Balaban J connectivity index is 2.34. The van der Waals surface area contributed by atoms with Crippen LogP contribution in [0.4, 0.5) is 11.4 Å². The van der Waals surface area contributed by atoms with Crippen molar-refractivity contribution >= 4 is 29.0 Å². The molecule has 0 aliphatic heterocycles. The summed E-state index contributed by atoms with van der Waals surface area (Å²) >= 11 is 1.71. The van der Waals surface area contributed by atoms with Crippen LogP contribution in [-0.2, 0) is 9.53 Å². The van der Waals surface area contributed by atoms with Crippen LogP contribution in [0.3, 0.4) is 0 Å². The van der Waals surface area contributed by atoms with Crippen LogP contribution in [0, 0.1) is 6.92 Å². The van der Waals surface area contributed by atoms with Gasteiger partial charge >= 0.3 is 0 Å². The van der Waals surface area contributed by atoms with E-state index in [-0.39, 0.29) is 5.91 Å². The van der Waals surface area contributed by atoms with Crippen LogP contribution in [0.2, 0.25) is 0 Å². The van der Waals surface area contributed by atoms with E-state index < -0.39 is 0 Å². The van der Waals surface area contributed by atoms with Crippen LogP contribution in [-0.4, -0.2) is 31.1 Å². The highest BCUT2D eigenvalue weighted by molar-refractivity contribution is 7.99. The highest BCUT2D eigenvalue weighted by atomic mass is 32.2. The predicted molar refractivity (Wildman–Crippen MR) is 78.0 cm³/mol. The molecule has 18 heavy (non-hydrogen) atoms. The molecule has 100 valence electrons. The SMILES string of the molecule is COCCSCCC(=O)Nc1cccc(N)c1C. The van der Waals surface area contributed by atoms with Crippen LogP contribution in [0.15, 0.2) is 18.2 Å². The van der Waals surface area contributed by atoms with Gasteiger partial charge in [0.2, 0.25) is 5.91 Å². The van der Waals surface area contributed by atoms with Gasteiger partial charge in [-0.3, -0.25) is 4.79 Å². The van der Waals surface area contributed by atoms with E-state index >= 15 is 0 Å². The molecule has 0 aromatic heterocycles. The molecule has 0 aliphatic carbocycles. The minimum Gasteiger partial charge on any atom is -0.398 e. The maximum Gasteiger partial charge on any atom is 0.225 e. The van der Waals surface area contributed by atoms with Gasteiger partial charge in [0.15, 0.2) is 0 Å². The topological polar surface area (TPSA) is 64.3 Å². The molecule has 3 N–H and O–H groups in total. The summed E-state index contributed by atoms with van der Waals surface area (Å²) in [5, 5.41) is 2.88. The number of carbonyl (C=O) groups excluding carboxylic acids is 1. The molecule has 0 unspecified atom stereocenters. The molecule has 1 rings (SSSR count). The summed E-state index contributed by atoms with van der Waals surface area (Å²) in [4.78, 5) is 11.7. The number of thioether (sulfide) groups is 1. The monoisotopic (exact) mass is 268 g/mol. The number of anilines is 2. The van der Waals surface area contributed by atoms with Gasteiger partial charge in [0, 0.05) is 36.4 Å². The zero-order valence-corrected chi connectivity index (χ0v) is 11.7. The second-order valence-electron chi connectivity index (χ2n) is 3.92. The van der Waals surface area contributed by atoms with E-state index in [2.05, 4.69) is 5.32 Å². The largest absolute Gasteiger partial charge is 0.398 e. The quantitative estimate of drug-likeness (QED) is 0.588. The standard InChI is InChI=1S/C13H20N2O2S/c1-10-11(14)4-3-5-12(10)15-13(16)6-8-18-9-7-17-2/h3-5H,6-9,14H2,1-2H3,(H,15,16). The molecular weight excluding hydrogens is 248 g/mol. The Morgan fingerprint density at radius 1 is 1.44 bits per heavy atom. The molecule has 4 nitrogen and oxygen atoms in total. The smallest absolute Gasteiger partial charge is 0.225 e. The Hall–Kier alpha value is -1.20. The van der Waals surface area contributed by atoms with Gasteiger partial charge in [0.25, 0.3) is 0 Å². The van der Waals surface area contributed by atoms with E-state index in [4.69, 9.17) is 10.5 Å². The zero-order valence-electron chi connectivity index (χ0n) is 10.9. The Kier molecular flexibility index (Phi) is 6.60. The van der Waals surface area contributed by atoms with Gasteiger partial charge in [-0.2, -0.15) is 11.8 Å². The molecule has 1 aromatic rings. The molecule has 1 aromatic carbocycles. The highest BCUT2D eigenvalue weighted by Crippen LogP contribution is 2.20. The lowest BCUT2D eigenvalue weighted by molar-refractivity contribution is -0.115. The van der Waals surface area contributed by atoms with Gasteiger partial charge in [-0.15, -0.1) is 0 Å². The van der Waals surface area contributed by atoms with Crippen molar-refractivity contribution in [2.45, 2.75) is 13.3 Å². The lowest BCUT2D eigenvalue weighted by Gasteiger charge is -2.09. The van der Waals surface area contributed by atoms with E-state index in [1.165, 1.54) is 0 Å². The maximum absolute atomic E-state index is 11.7. The van der Waals surface area contributed by atoms with Crippen molar-refractivity contribution in [1.29, 1.82) is 0 Å². The third kappa shape index (κ3) is 4.98. The normalized spacial score (nSPS) is 10.3. The van der Waals surface area contributed by atoms with Gasteiger partial charge in [-0.05, 0) is 24.6 Å². The zero-order chi connectivity index (χ0) is 13.4. The Bertz CT molecular complexity index is 397. The molecule has 5 heteroatoms. The van der Waals surface area contributed by atoms with Crippen molar-refractivity contribution in [2.75, 3.05) is 36.3 Å². The Morgan fingerprint density at radius 3 is 2.94 bits per heavy atom. The number of carbonyl (C=O) groups is 1. The molecule has 0 atom stereocenters. The number of rotatable bonds is 7. The number of hydrogen-bond donors (Lipinski definition) is 2. The molecule has 0 saturated heterocycles. The summed E-state index contributed by atoms with van der Waals surface area (Å²) in [6.45, 7) is 2.62. The Labute approximate surface area is 112 Å². The average molecular weight is 268 g/mol. The van der Waals surface area contributed by atoms with Gasteiger partial charge < -0.3 is 15.8 Å². The third-order valence-corrected chi connectivity index (χ3v) is 3.50. The minimum atomic E-state index is 0.0219. The van der Waals surface area contributed by atoms with Crippen LogP contribution >= 0.6 is 11.8 Å². The van der Waals surface area contributed by atoms with Crippen molar-refractivity contribution in [3.8, 4) is 0 Å². The fourth-order valence-electron chi connectivity index (χ4n) is 1.41. The van der Waals surface area contributed by atoms with Crippen LogP contribution in [0.25, 0.3) is 0 Å². The van der Waals surface area contributed by atoms with Gasteiger partial charge in [-0.1, -0.05) is 6.07 Å². The molecule has 0 heterocycles. The summed E-state index contributed by atoms with van der Waals surface area (Å²) in [6.07, 6.45) is 0.503. The summed E-state index contributed by atoms with van der Waals surface area (Å²) in [7, 11) is 1.68. The van der Waals surface area contributed by atoms with Crippen LogP contribution in [0.1, 0.15) is 12.0 Å². The van der Waals surface area contributed by atoms with Crippen molar-refractivity contribution in [3.63, 3.8) is 0 Å². The number of amides is 1. The first-order valence-electron chi connectivity index (χ1n) is 5.86. The lowest BCUT2D eigenvalue weighted by Crippen LogP contribution is -2.13. The molecule has 0 fully saturated rings. The van der Waals surface area contributed by atoms with E-state index in [9.17, 15) is 4.79 Å². The van der Waals surface area contributed by atoms with E-state index in [0.717, 1.165) is 29.4 Å². The first-order chi connectivity index (χ1) is 8.65. The second-order valence-corrected chi connectivity index (χ2v) is 5.15. The van der Waals surface area contributed by atoms with Gasteiger partial charge in [-0.25, -0.2) is 0 Å². The number of nitrogen functional groups attached to an aromatic ring is 1. The summed E-state index contributed by atoms with van der Waals surface area (Å²) in [5.41, 5.74) is 8.19. The first-order valence-corrected chi connectivity index (χ1v) is 7.02. The number of nitrogens with one attached hydrogen (secondary N) is 1. The first kappa shape index (κ1) is 14.9. The number of nitrogens with two attached hydrogens (primary N) is 1. The van der Waals surface area contributed by atoms with E-state index in [1.807, 2.05) is 25.1 Å². The number of hydrogen-bond acceptors (Lipinski definition) is 4. The van der Waals surface area contributed by atoms with E-state index in [0.29, 0.717) is 12.1 Å². The van der Waals surface area contributed by atoms with Crippen LogP contribution < -0.4 is 11.1 Å². The van der Waals surface area contributed by atoms with Gasteiger partial charge in [0.1, 0.15) is 0 Å². The van der Waals surface area contributed by atoms with Crippen molar-refractivity contribution in [1.82, 2.24) is 0 Å². The summed E-state index contributed by atoms with van der Waals surface area (Å²) in [6, 6.07) is 5.53. The molecule has 1 amide bonds. The fourth-order valence-corrected chi connectivity index (χ4v) is 2.23.